The Morgan fingerprint density at radius 2 is 1.76 bits per heavy atom. The third-order valence-corrected chi connectivity index (χ3v) is 3.90. The Balaban J connectivity index is 0.00000288. The minimum atomic E-state index is 0. The summed E-state index contributed by atoms with van der Waals surface area (Å²) in [5, 5.41) is 3.10. The monoisotopic (exact) mass is 393 g/mol. The van der Waals surface area contributed by atoms with Gasteiger partial charge in [0.2, 0.25) is 5.91 Å². The second-order valence-electron chi connectivity index (χ2n) is 5.55. The minimum absolute atomic E-state index is 0. The molecule has 1 aromatic carbocycles. The normalized spacial score (nSPS) is 14.4. The van der Waals surface area contributed by atoms with Crippen LogP contribution in [0.3, 0.4) is 0 Å². The molecular weight excluding hydrogens is 365 g/mol. The maximum absolute atomic E-state index is 12.0. The summed E-state index contributed by atoms with van der Waals surface area (Å²) in [7, 11) is 1.66. The smallest absolute Gasteiger partial charge is 0.236 e. The van der Waals surface area contributed by atoms with Crippen molar-refractivity contribution in [2.75, 3.05) is 66.1 Å². The summed E-state index contributed by atoms with van der Waals surface area (Å²) in [4.78, 5) is 16.3. The van der Waals surface area contributed by atoms with E-state index in [1.807, 2.05) is 35.2 Å². The fourth-order valence-corrected chi connectivity index (χ4v) is 2.51. The standard InChI is InChI=1S/C17H27N3O3.2ClH/c1-22-13-7-18-15-17(21)20-10-8-19(9-11-20)12-14-23-16-5-3-2-4-6-16;;/h2-6,18H,7-15H2,1H3;2*1H. The first-order valence-electron chi connectivity index (χ1n) is 8.17. The van der Waals surface area contributed by atoms with Gasteiger partial charge in [-0.3, -0.25) is 9.69 Å². The molecule has 0 atom stereocenters. The van der Waals surface area contributed by atoms with E-state index in [1.54, 1.807) is 7.11 Å². The van der Waals surface area contributed by atoms with Crippen LogP contribution in [-0.2, 0) is 9.53 Å². The number of carbonyl (C=O) groups excluding carboxylic acids is 1. The maximum Gasteiger partial charge on any atom is 0.236 e. The Morgan fingerprint density at radius 3 is 2.40 bits per heavy atom. The van der Waals surface area contributed by atoms with Crippen LogP contribution in [0, 0.1) is 0 Å². The largest absolute Gasteiger partial charge is 0.492 e. The van der Waals surface area contributed by atoms with Crippen LogP contribution in [0.25, 0.3) is 0 Å². The number of nitrogens with one attached hydrogen (secondary N) is 1. The molecule has 0 saturated carbocycles. The van der Waals surface area contributed by atoms with Crippen LogP contribution in [0.15, 0.2) is 30.3 Å². The van der Waals surface area contributed by atoms with Crippen LogP contribution in [-0.4, -0.2) is 81.8 Å². The van der Waals surface area contributed by atoms with Gasteiger partial charge in [-0.05, 0) is 12.1 Å². The molecule has 1 aromatic rings. The molecule has 1 N–H and O–H groups in total. The molecule has 25 heavy (non-hydrogen) atoms. The Labute approximate surface area is 162 Å². The van der Waals surface area contributed by atoms with Crippen LogP contribution in [0.5, 0.6) is 5.75 Å². The lowest BCUT2D eigenvalue weighted by Crippen LogP contribution is -2.51. The average molecular weight is 394 g/mol. The SMILES string of the molecule is COCCNCC(=O)N1CCN(CCOc2ccccc2)CC1.Cl.Cl. The molecule has 0 aliphatic carbocycles. The van der Waals surface area contributed by atoms with Gasteiger partial charge in [-0.2, -0.15) is 0 Å². The Kier molecular flexibility index (Phi) is 13.6. The zero-order chi connectivity index (χ0) is 16.3. The quantitative estimate of drug-likeness (QED) is 0.640. The van der Waals surface area contributed by atoms with Crippen molar-refractivity contribution in [3.8, 4) is 5.75 Å². The summed E-state index contributed by atoms with van der Waals surface area (Å²) in [6.45, 7) is 6.68. The number of carbonyl (C=O) groups is 1. The van der Waals surface area contributed by atoms with Gasteiger partial charge in [0.05, 0.1) is 13.2 Å². The molecule has 8 heteroatoms. The van der Waals surface area contributed by atoms with Gasteiger partial charge in [0.25, 0.3) is 0 Å². The number of methoxy groups -OCH3 is 1. The zero-order valence-electron chi connectivity index (χ0n) is 14.7. The fraction of sp³-hybridized carbons (Fsp3) is 0.588. The highest BCUT2D eigenvalue weighted by molar-refractivity contribution is 5.85. The first-order chi connectivity index (χ1) is 11.3. The zero-order valence-corrected chi connectivity index (χ0v) is 16.3. The lowest BCUT2D eigenvalue weighted by Gasteiger charge is -2.34. The molecule has 1 saturated heterocycles. The van der Waals surface area contributed by atoms with E-state index in [2.05, 4.69) is 10.2 Å². The van der Waals surface area contributed by atoms with Crippen molar-refractivity contribution in [2.24, 2.45) is 0 Å². The van der Waals surface area contributed by atoms with E-state index in [1.165, 1.54) is 0 Å². The van der Waals surface area contributed by atoms with Crippen molar-refractivity contribution in [3.05, 3.63) is 30.3 Å². The van der Waals surface area contributed by atoms with Crippen molar-refractivity contribution in [1.29, 1.82) is 0 Å². The number of benzene rings is 1. The number of amides is 1. The number of hydrogen-bond donors (Lipinski definition) is 1. The van der Waals surface area contributed by atoms with E-state index in [0.717, 1.165) is 38.5 Å². The van der Waals surface area contributed by atoms with Crippen molar-refractivity contribution in [3.63, 3.8) is 0 Å². The molecule has 0 unspecified atom stereocenters. The molecule has 1 aliphatic heterocycles. The summed E-state index contributed by atoms with van der Waals surface area (Å²) in [5.74, 6) is 1.07. The van der Waals surface area contributed by atoms with Gasteiger partial charge < -0.3 is 19.7 Å². The highest BCUT2D eigenvalue weighted by Gasteiger charge is 2.20. The maximum atomic E-state index is 12.0. The second kappa shape index (κ2) is 14.2. The topological polar surface area (TPSA) is 54.0 Å². The molecule has 1 heterocycles. The highest BCUT2D eigenvalue weighted by Crippen LogP contribution is 2.08. The van der Waals surface area contributed by atoms with E-state index < -0.39 is 0 Å². The molecule has 1 amide bonds. The minimum Gasteiger partial charge on any atom is -0.492 e. The Bertz CT molecular complexity index is 458. The summed E-state index contributed by atoms with van der Waals surface area (Å²) < 4.78 is 10.7. The number of para-hydroxylation sites is 1. The van der Waals surface area contributed by atoms with Crippen molar-refractivity contribution in [1.82, 2.24) is 15.1 Å². The summed E-state index contributed by atoms with van der Waals surface area (Å²) >= 11 is 0. The third-order valence-electron chi connectivity index (χ3n) is 3.90. The summed E-state index contributed by atoms with van der Waals surface area (Å²) in [6.07, 6.45) is 0. The number of halogens is 2. The molecular formula is C17H29Cl2N3O3. The van der Waals surface area contributed by atoms with Gasteiger partial charge in [-0.1, -0.05) is 18.2 Å². The lowest BCUT2D eigenvalue weighted by molar-refractivity contribution is -0.132. The third kappa shape index (κ3) is 9.28. The van der Waals surface area contributed by atoms with Crippen molar-refractivity contribution >= 4 is 30.7 Å². The number of ether oxygens (including phenoxy) is 2. The van der Waals surface area contributed by atoms with Gasteiger partial charge in [0.15, 0.2) is 0 Å². The first-order valence-corrected chi connectivity index (χ1v) is 8.17. The highest BCUT2D eigenvalue weighted by atomic mass is 35.5. The van der Waals surface area contributed by atoms with Gasteiger partial charge in [-0.25, -0.2) is 0 Å². The van der Waals surface area contributed by atoms with E-state index in [9.17, 15) is 4.79 Å². The van der Waals surface area contributed by atoms with Crippen LogP contribution in [0.1, 0.15) is 0 Å². The molecule has 2 rings (SSSR count). The molecule has 0 bridgehead atoms. The average Bonchev–Trinajstić information content (AvgIpc) is 2.60. The van der Waals surface area contributed by atoms with Crippen LogP contribution in [0.4, 0.5) is 0 Å². The molecule has 144 valence electrons. The number of rotatable bonds is 9. The molecule has 1 fully saturated rings. The molecule has 1 aliphatic rings. The van der Waals surface area contributed by atoms with Gasteiger partial charge >= 0.3 is 0 Å². The molecule has 6 nitrogen and oxygen atoms in total. The number of nitrogens with zero attached hydrogens (tertiary/aromatic N) is 2. The predicted molar refractivity (Wildman–Crippen MR) is 104 cm³/mol. The molecule has 0 spiro atoms. The van der Waals surface area contributed by atoms with Crippen molar-refractivity contribution in [2.45, 2.75) is 0 Å². The first kappa shape index (κ1) is 23.9. The Morgan fingerprint density at radius 1 is 1.08 bits per heavy atom. The van der Waals surface area contributed by atoms with Crippen LogP contribution in [0.2, 0.25) is 0 Å². The lowest BCUT2D eigenvalue weighted by atomic mass is 10.3. The van der Waals surface area contributed by atoms with E-state index in [0.29, 0.717) is 26.3 Å². The van der Waals surface area contributed by atoms with Gasteiger partial charge in [0, 0.05) is 46.4 Å². The summed E-state index contributed by atoms with van der Waals surface area (Å²) in [6, 6.07) is 9.86. The van der Waals surface area contributed by atoms with Crippen molar-refractivity contribution < 1.29 is 14.3 Å². The Hall–Kier alpha value is -1.05. The van der Waals surface area contributed by atoms with E-state index >= 15 is 0 Å². The van der Waals surface area contributed by atoms with Crippen LogP contribution >= 0.6 is 24.8 Å². The van der Waals surface area contributed by atoms with E-state index in [-0.39, 0.29) is 30.7 Å². The number of hydrogen-bond acceptors (Lipinski definition) is 5. The van der Waals surface area contributed by atoms with Gasteiger partial charge in [-0.15, -0.1) is 24.8 Å². The number of piperazine rings is 1. The summed E-state index contributed by atoms with van der Waals surface area (Å²) in [5.41, 5.74) is 0. The van der Waals surface area contributed by atoms with E-state index in [4.69, 9.17) is 9.47 Å². The van der Waals surface area contributed by atoms with Crippen LogP contribution < -0.4 is 10.1 Å². The fourth-order valence-electron chi connectivity index (χ4n) is 2.51. The molecule has 0 radical (unpaired) electrons. The van der Waals surface area contributed by atoms with Gasteiger partial charge in [0.1, 0.15) is 12.4 Å². The second-order valence-corrected chi connectivity index (χ2v) is 5.55. The predicted octanol–water partition coefficient (Wildman–Crippen LogP) is 1.29. The molecule has 0 aromatic heterocycles.